The van der Waals surface area contributed by atoms with Gasteiger partial charge in [0.05, 0.1) is 12.5 Å². The van der Waals surface area contributed by atoms with Crippen LogP contribution >= 0.6 is 0 Å². The first-order valence-corrected chi connectivity index (χ1v) is 7.63. The van der Waals surface area contributed by atoms with Gasteiger partial charge in [0.2, 0.25) is 0 Å². The van der Waals surface area contributed by atoms with Crippen LogP contribution in [0.1, 0.15) is 58.3 Å². The highest BCUT2D eigenvalue weighted by atomic mass is 16.6. The molecule has 0 aromatic rings. The zero-order valence-corrected chi connectivity index (χ0v) is 12.3. The molecule has 2 atom stereocenters. The number of unbranched alkanes of at least 4 members (excludes halogenated alkanes) is 3. The first-order valence-electron chi connectivity index (χ1n) is 7.63. The molecule has 1 aliphatic rings. The van der Waals surface area contributed by atoms with Gasteiger partial charge in [0, 0.05) is 6.42 Å². The molecule has 0 aliphatic carbocycles. The van der Waals surface area contributed by atoms with E-state index in [9.17, 15) is 9.59 Å². The van der Waals surface area contributed by atoms with Gasteiger partial charge in [0.15, 0.2) is 0 Å². The van der Waals surface area contributed by atoms with Crippen LogP contribution in [0.2, 0.25) is 0 Å². The lowest BCUT2D eigenvalue weighted by Gasteiger charge is -2.15. The molecular weight excluding hydrogens is 260 g/mol. The van der Waals surface area contributed by atoms with Gasteiger partial charge in [-0.15, -0.1) is 0 Å². The molecule has 0 radical (unpaired) electrons. The van der Waals surface area contributed by atoms with Gasteiger partial charge < -0.3 is 14.6 Å². The number of epoxide rings is 1. The van der Waals surface area contributed by atoms with Crippen LogP contribution in [-0.4, -0.2) is 36.4 Å². The van der Waals surface area contributed by atoms with Crippen LogP contribution in [-0.2, 0) is 19.1 Å². The zero-order chi connectivity index (χ0) is 14.8. The minimum atomic E-state index is -0.811. The summed E-state index contributed by atoms with van der Waals surface area (Å²) in [6.45, 7) is 3.16. The Morgan fingerprint density at radius 2 is 1.95 bits per heavy atom. The van der Waals surface area contributed by atoms with Crippen molar-refractivity contribution in [2.75, 3.05) is 13.2 Å². The van der Waals surface area contributed by atoms with Gasteiger partial charge in [-0.3, -0.25) is 9.59 Å². The first-order chi connectivity index (χ1) is 9.63. The maximum absolute atomic E-state index is 12.0. The lowest BCUT2D eigenvalue weighted by Crippen LogP contribution is -2.20. The molecule has 5 heteroatoms. The molecule has 0 aromatic heterocycles. The summed E-state index contributed by atoms with van der Waals surface area (Å²) in [5.74, 6) is -1.16. The van der Waals surface area contributed by atoms with Crippen LogP contribution in [0.5, 0.6) is 0 Å². The number of carboxylic acid groups (broad SMARTS) is 1. The lowest BCUT2D eigenvalue weighted by atomic mass is 9.95. The second-order valence-electron chi connectivity index (χ2n) is 5.42. The van der Waals surface area contributed by atoms with E-state index in [2.05, 4.69) is 6.92 Å². The summed E-state index contributed by atoms with van der Waals surface area (Å²) in [6, 6.07) is 0. The number of carboxylic acids is 1. The van der Waals surface area contributed by atoms with Crippen molar-refractivity contribution < 1.29 is 24.2 Å². The van der Waals surface area contributed by atoms with Crippen LogP contribution in [0.25, 0.3) is 0 Å². The molecule has 0 aromatic carbocycles. The minimum Gasteiger partial charge on any atom is -0.481 e. The average molecular weight is 286 g/mol. The molecule has 1 rings (SSSR count). The Hall–Kier alpha value is -1.10. The van der Waals surface area contributed by atoms with E-state index >= 15 is 0 Å². The fraction of sp³-hybridized carbons (Fsp3) is 0.867. The maximum Gasteiger partial charge on any atom is 0.309 e. The third-order valence-corrected chi connectivity index (χ3v) is 3.50. The molecule has 1 N–H and O–H groups in total. The Morgan fingerprint density at radius 1 is 1.25 bits per heavy atom. The van der Waals surface area contributed by atoms with Gasteiger partial charge in [0.25, 0.3) is 0 Å². The number of aliphatic carboxylic acids is 1. The summed E-state index contributed by atoms with van der Waals surface area (Å²) in [5.41, 5.74) is 0. The van der Waals surface area contributed by atoms with Gasteiger partial charge >= 0.3 is 11.9 Å². The zero-order valence-electron chi connectivity index (χ0n) is 12.3. The number of esters is 1. The summed E-state index contributed by atoms with van der Waals surface area (Å²) in [6.07, 6.45) is 6.57. The highest BCUT2D eigenvalue weighted by Crippen LogP contribution is 2.20. The Bertz CT molecular complexity index is 299. The fourth-order valence-corrected chi connectivity index (χ4v) is 2.15. The van der Waals surface area contributed by atoms with Gasteiger partial charge in [-0.1, -0.05) is 32.6 Å². The van der Waals surface area contributed by atoms with Crippen molar-refractivity contribution in [1.29, 1.82) is 0 Å². The third kappa shape index (κ3) is 8.15. The normalized spacial score (nSPS) is 18.6. The average Bonchev–Trinajstić information content (AvgIpc) is 3.22. The molecule has 0 saturated carbocycles. The van der Waals surface area contributed by atoms with Crippen molar-refractivity contribution in [2.24, 2.45) is 5.92 Å². The molecule has 1 saturated heterocycles. The van der Waals surface area contributed by atoms with E-state index in [1.165, 1.54) is 6.42 Å². The van der Waals surface area contributed by atoms with Crippen molar-refractivity contribution in [3.63, 3.8) is 0 Å². The number of rotatable bonds is 12. The summed E-state index contributed by atoms with van der Waals surface area (Å²) < 4.78 is 10.2. The number of hydrogen-bond donors (Lipinski definition) is 1. The van der Waals surface area contributed by atoms with Crippen molar-refractivity contribution in [2.45, 2.75) is 64.4 Å². The summed E-state index contributed by atoms with van der Waals surface area (Å²) in [5, 5.41) is 8.66. The Kier molecular flexibility index (Phi) is 8.26. The predicted octanol–water partition coefficient (Wildman–Crippen LogP) is 2.77. The largest absolute Gasteiger partial charge is 0.481 e. The molecule has 0 spiro atoms. The van der Waals surface area contributed by atoms with Gasteiger partial charge in [-0.05, 0) is 19.3 Å². The van der Waals surface area contributed by atoms with Crippen molar-refractivity contribution in [3.05, 3.63) is 0 Å². The fourth-order valence-electron chi connectivity index (χ4n) is 2.15. The molecule has 116 valence electrons. The van der Waals surface area contributed by atoms with Crippen LogP contribution in [0.3, 0.4) is 0 Å². The Morgan fingerprint density at radius 3 is 2.55 bits per heavy atom. The number of ether oxygens (including phenoxy) is 2. The van der Waals surface area contributed by atoms with E-state index in [4.69, 9.17) is 14.6 Å². The number of carbonyl (C=O) groups excluding carboxylic acids is 1. The standard InChI is InChI=1S/C15H26O5/c1-2-3-4-5-7-12(8-6-9-14(16)17)15(18)20-11-13-10-19-13/h12-13H,2-11H2,1H3,(H,16,17). The predicted molar refractivity (Wildman–Crippen MR) is 74.4 cm³/mol. The number of hydrogen-bond acceptors (Lipinski definition) is 4. The van der Waals surface area contributed by atoms with E-state index in [0.29, 0.717) is 26.1 Å². The molecule has 5 nitrogen and oxygen atoms in total. The summed E-state index contributed by atoms with van der Waals surface area (Å²) in [4.78, 5) is 22.5. The second kappa shape index (κ2) is 9.75. The lowest BCUT2D eigenvalue weighted by molar-refractivity contribution is -0.150. The monoisotopic (exact) mass is 286 g/mol. The molecule has 1 heterocycles. The summed E-state index contributed by atoms with van der Waals surface area (Å²) >= 11 is 0. The van der Waals surface area contributed by atoms with Gasteiger partial charge in [-0.2, -0.15) is 0 Å². The van der Waals surface area contributed by atoms with Crippen molar-refractivity contribution >= 4 is 11.9 Å². The van der Waals surface area contributed by atoms with Gasteiger partial charge in [-0.25, -0.2) is 0 Å². The van der Waals surface area contributed by atoms with E-state index in [0.717, 1.165) is 25.7 Å². The maximum atomic E-state index is 12.0. The number of carbonyl (C=O) groups is 2. The Balaban J connectivity index is 2.26. The second-order valence-corrected chi connectivity index (χ2v) is 5.42. The molecule has 1 aliphatic heterocycles. The van der Waals surface area contributed by atoms with Crippen LogP contribution in [0.15, 0.2) is 0 Å². The van der Waals surface area contributed by atoms with E-state index in [-0.39, 0.29) is 24.4 Å². The van der Waals surface area contributed by atoms with E-state index < -0.39 is 5.97 Å². The summed E-state index contributed by atoms with van der Waals surface area (Å²) in [7, 11) is 0. The highest BCUT2D eigenvalue weighted by molar-refractivity contribution is 5.72. The third-order valence-electron chi connectivity index (χ3n) is 3.50. The Labute approximate surface area is 120 Å². The van der Waals surface area contributed by atoms with Crippen LogP contribution in [0, 0.1) is 5.92 Å². The quantitative estimate of drug-likeness (QED) is 0.339. The van der Waals surface area contributed by atoms with Crippen LogP contribution < -0.4 is 0 Å². The van der Waals surface area contributed by atoms with Crippen molar-refractivity contribution in [3.8, 4) is 0 Å². The molecule has 0 amide bonds. The van der Waals surface area contributed by atoms with Crippen molar-refractivity contribution in [1.82, 2.24) is 0 Å². The van der Waals surface area contributed by atoms with E-state index in [1.54, 1.807) is 0 Å². The van der Waals surface area contributed by atoms with Crippen LogP contribution in [0.4, 0.5) is 0 Å². The molecule has 20 heavy (non-hydrogen) atoms. The minimum absolute atomic E-state index is 0.0821. The molecule has 2 unspecified atom stereocenters. The van der Waals surface area contributed by atoms with E-state index in [1.807, 2.05) is 0 Å². The first kappa shape index (κ1) is 17.0. The SMILES string of the molecule is CCCCCCC(CCCC(=O)O)C(=O)OCC1CO1. The molecule has 1 fully saturated rings. The molecule has 0 bridgehead atoms. The highest BCUT2D eigenvalue weighted by Gasteiger charge is 2.26. The topological polar surface area (TPSA) is 76.1 Å². The molecular formula is C15H26O5. The van der Waals surface area contributed by atoms with Gasteiger partial charge in [0.1, 0.15) is 12.7 Å². The smallest absolute Gasteiger partial charge is 0.309 e.